The predicted octanol–water partition coefficient (Wildman–Crippen LogP) is 3.79. The molecule has 1 amide bonds. The van der Waals surface area contributed by atoms with E-state index in [1.807, 2.05) is 19.1 Å². The standard InChI is InChI=1S/C25H28N2O6S/c1-18(19-10-12-21(31-2)13-11-19)26-25(28)17-27(20-8-6-5-7-9-20)34(29,30)22-14-15-23(32-3)24(16-22)33-4/h5-16,18H,17H2,1-4H3,(H,26,28). The van der Waals surface area contributed by atoms with Crippen LogP contribution in [0, 0.1) is 0 Å². The summed E-state index contributed by atoms with van der Waals surface area (Å²) in [5.74, 6) is 0.933. The van der Waals surface area contributed by atoms with Crippen LogP contribution >= 0.6 is 0 Å². The number of nitrogens with one attached hydrogen (secondary N) is 1. The van der Waals surface area contributed by atoms with Gasteiger partial charge in [-0.1, -0.05) is 30.3 Å². The Hall–Kier alpha value is -3.72. The molecular weight excluding hydrogens is 456 g/mol. The third-order valence-corrected chi connectivity index (χ3v) is 7.04. The molecule has 0 saturated heterocycles. The summed E-state index contributed by atoms with van der Waals surface area (Å²) in [4.78, 5) is 12.9. The number of amides is 1. The first kappa shape index (κ1) is 24.9. The fourth-order valence-electron chi connectivity index (χ4n) is 3.41. The summed E-state index contributed by atoms with van der Waals surface area (Å²) in [5.41, 5.74) is 1.23. The fraction of sp³-hybridized carbons (Fsp3) is 0.240. The van der Waals surface area contributed by atoms with E-state index in [9.17, 15) is 13.2 Å². The Morgan fingerprint density at radius 1 is 0.882 bits per heavy atom. The summed E-state index contributed by atoms with van der Waals surface area (Å²) >= 11 is 0. The monoisotopic (exact) mass is 484 g/mol. The smallest absolute Gasteiger partial charge is 0.264 e. The van der Waals surface area contributed by atoms with E-state index in [4.69, 9.17) is 14.2 Å². The van der Waals surface area contributed by atoms with Crippen LogP contribution in [0.25, 0.3) is 0 Å². The van der Waals surface area contributed by atoms with Gasteiger partial charge < -0.3 is 19.5 Å². The zero-order chi connectivity index (χ0) is 24.7. The van der Waals surface area contributed by atoms with Gasteiger partial charge >= 0.3 is 0 Å². The van der Waals surface area contributed by atoms with Crippen molar-refractivity contribution < 1.29 is 27.4 Å². The van der Waals surface area contributed by atoms with E-state index >= 15 is 0 Å². The van der Waals surface area contributed by atoms with Crippen LogP contribution in [0.1, 0.15) is 18.5 Å². The Labute approximate surface area is 200 Å². The Balaban J connectivity index is 1.88. The lowest BCUT2D eigenvalue weighted by Gasteiger charge is -2.25. The van der Waals surface area contributed by atoms with Gasteiger partial charge in [-0.25, -0.2) is 8.42 Å². The van der Waals surface area contributed by atoms with Gasteiger partial charge in [-0.3, -0.25) is 9.10 Å². The van der Waals surface area contributed by atoms with E-state index < -0.39 is 22.5 Å². The molecule has 0 aliphatic heterocycles. The van der Waals surface area contributed by atoms with Crippen molar-refractivity contribution in [1.82, 2.24) is 5.32 Å². The molecule has 0 saturated carbocycles. The number of methoxy groups -OCH3 is 3. The maximum absolute atomic E-state index is 13.6. The highest BCUT2D eigenvalue weighted by Crippen LogP contribution is 2.32. The molecule has 9 heteroatoms. The third-order valence-electron chi connectivity index (χ3n) is 5.27. The highest BCUT2D eigenvalue weighted by atomic mass is 32.2. The van der Waals surface area contributed by atoms with Crippen LogP contribution in [0.15, 0.2) is 77.7 Å². The van der Waals surface area contributed by atoms with Gasteiger partial charge in [0.15, 0.2) is 11.5 Å². The minimum absolute atomic E-state index is 0.0231. The van der Waals surface area contributed by atoms with Crippen LogP contribution < -0.4 is 23.8 Å². The predicted molar refractivity (Wildman–Crippen MR) is 130 cm³/mol. The molecule has 0 aromatic heterocycles. The first-order chi connectivity index (χ1) is 16.3. The van der Waals surface area contributed by atoms with Crippen LogP contribution in [0.3, 0.4) is 0 Å². The molecule has 8 nitrogen and oxygen atoms in total. The highest BCUT2D eigenvalue weighted by Gasteiger charge is 2.28. The average molecular weight is 485 g/mol. The summed E-state index contributed by atoms with van der Waals surface area (Å²) in [6.45, 7) is 1.43. The number of hydrogen-bond acceptors (Lipinski definition) is 6. The second-order valence-electron chi connectivity index (χ2n) is 7.43. The first-order valence-electron chi connectivity index (χ1n) is 10.5. The van der Waals surface area contributed by atoms with Crippen LogP contribution in [0.5, 0.6) is 17.2 Å². The molecule has 34 heavy (non-hydrogen) atoms. The molecule has 0 heterocycles. The van der Waals surface area contributed by atoms with Crippen molar-refractivity contribution in [3.63, 3.8) is 0 Å². The first-order valence-corrected chi connectivity index (χ1v) is 12.0. The van der Waals surface area contributed by atoms with E-state index in [2.05, 4.69) is 5.32 Å². The van der Waals surface area contributed by atoms with Gasteiger partial charge in [0, 0.05) is 6.07 Å². The zero-order valence-electron chi connectivity index (χ0n) is 19.5. The lowest BCUT2D eigenvalue weighted by molar-refractivity contribution is -0.120. The van der Waals surface area contributed by atoms with Crippen LogP contribution in [-0.4, -0.2) is 42.2 Å². The van der Waals surface area contributed by atoms with E-state index in [-0.39, 0.29) is 16.7 Å². The quantitative estimate of drug-likeness (QED) is 0.471. The minimum atomic E-state index is -4.10. The van der Waals surface area contributed by atoms with Crippen molar-refractivity contribution in [3.8, 4) is 17.2 Å². The molecule has 180 valence electrons. The van der Waals surface area contributed by atoms with Crippen molar-refractivity contribution >= 4 is 21.6 Å². The Morgan fingerprint density at radius 2 is 1.53 bits per heavy atom. The summed E-state index contributed by atoms with van der Waals surface area (Å²) in [6.07, 6.45) is 0. The number of sulfonamides is 1. The Bertz CT molecular complexity index is 1210. The summed E-state index contributed by atoms with van der Waals surface area (Å²) in [5, 5.41) is 2.87. The van der Waals surface area contributed by atoms with E-state index in [0.717, 1.165) is 9.87 Å². The lowest BCUT2D eigenvalue weighted by atomic mass is 10.1. The lowest BCUT2D eigenvalue weighted by Crippen LogP contribution is -2.41. The zero-order valence-corrected chi connectivity index (χ0v) is 20.3. The molecule has 0 radical (unpaired) electrons. The summed E-state index contributed by atoms with van der Waals surface area (Å²) < 4.78 is 43.9. The molecule has 0 aliphatic rings. The van der Waals surface area contributed by atoms with Crippen molar-refractivity contribution in [1.29, 1.82) is 0 Å². The summed E-state index contributed by atoms with van der Waals surface area (Å²) in [6, 6.07) is 19.7. The molecule has 0 fully saturated rings. The van der Waals surface area contributed by atoms with Gasteiger partial charge in [0.2, 0.25) is 5.91 Å². The van der Waals surface area contributed by atoms with Crippen LogP contribution in [0.4, 0.5) is 5.69 Å². The van der Waals surface area contributed by atoms with Crippen molar-refractivity contribution in [3.05, 3.63) is 78.4 Å². The maximum Gasteiger partial charge on any atom is 0.264 e. The molecular formula is C25H28N2O6S. The largest absolute Gasteiger partial charge is 0.497 e. The number of ether oxygens (including phenoxy) is 3. The van der Waals surface area contributed by atoms with Gasteiger partial charge in [-0.05, 0) is 48.9 Å². The number of benzene rings is 3. The molecule has 0 aliphatic carbocycles. The number of anilines is 1. The normalized spacial score (nSPS) is 11.9. The highest BCUT2D eigenvalue weighted by molar-refractivity contribution is 7.92. The molecule has 3 aromatic rings. The maximum atomic E-state index is 13.6. The average Bonchev–Trinajstić information content (AvgIpc) is 2.87. The number of rotatable bonds is 10. The number of carbonyl (C=O) groups excluding carboxylic acids is 1. The van der Waals surface area contributed by atoms with Gasteiger partial charge in [-0.15, -0.1) is 0 Å². The van der Waals surface area contributed by atoms with Gasteiger partial charge in [0.25, 0.3) is 10.0 Å². The second-order valence-corrected chi connectivity index (χ2v) is 9.29. The number of para-hydroxylation sites is 1. The van der Waals surface area contributed by atoms with Crippen LogP contribution in [0.2, 0.25) is 0 Å². The fourth-order valence-corrected chi connectivity index (χ4v) is 4.84. The SMILES string of the molecule is COc1ccc(C(C)NC(=O)CN(c2ccccc2)S(=O)(=O)c2ccc(OC)c(OC)c2)cc1. The molecule has 1 N–H and O–H groups in total. The van der Waals surface area contributed by atoms with Crippen molar-refractivity contribution in [2.45, 2.75) is 17.9 Å². The molecule has 3 rings (SSSR count). The van der Waals surface area contributed by atoms with Gasteiger partial charge in [0.1, 0.15) is 12.3 Å². The number of hydrogen-bond donors (Lipinski definition) is 1. The number of carbonyl (C=O) groups is 1. The van der Waals surface area contributed by atoms with E-state index in [0.29, 0.717) is 17.2 Å². The van der Waals surface area contributed by atoms with Gasteiger partial charge in [-0.2, -0.15) is 0 Å². The Kier molecular flexibility index (Phi) is 8.01. The van der Waals surface area contributed by atoms with Crippen molar-refractivity contribution in [2.75, 3.05) is 32.2 Å². The Morgan fingerprint density at radius 3 is 2.12 bits per heavy atom. The molecule has 1 unspecified atom stereocenters. The van der Waals surface area contributed by atoms with Crippen molar-refractivity contribution in [2.24, 2.45) is 0 Å². The van der Waals surface area contributed by atoms with Crippen LogP contribution in [-0.2, 0) is 14.8 Å². The summed E-state index contributed by atoms with van der Waals surface area (Å²) in [7, 11) is 0.381. The number of nitrogens with zero attached hydrogens (tertiary/aromatic N) is 1. The minimum Gasteiger partial charge on any atom is -0.497 e. The second kappa shape index (κ2) is 10.9. The van der Waals surface area contributed by atoms with E-state index in [1.54, 1.807) is 49.6 Å². The molecule has 1 atom stereocenters. The third kappa shape index (κ3) is 5.60. The molecule has 0 spiro atoms. The molecule has 3 aromatic carbocycles. The molecule has 0 bridgehead atoms. The topological polar surface area (TPSA) is 94.2 Å². The van der Waals surface area contributed by atoms with E-state index in [1.165, 1.54) is 32.4 Å². The van der Waals surface area contributed by atoms with Gasteiger partial charge in [0.05, 0.1) is 38.0 Å².